The van der Waals surface area contributed by atoms with Gasteiger partial charge in [-0.2, -0.15) is 0 Å². The molecule has 1 N–H and O–H groups in total. The molecule has 164 valence electrons. The number of nitrogens with one attached hydrogen (secondary N) is 1. The third-order valence-corrected chi connectivity index (χ3v) is 5.86. The molecule has 9 heteroatoms. The fraction of sp³-hybridized carbons (Fsp3) is 0.261. The van der Waals surface area contributed by atoms with Crippen LogP contribution < -0.4 is 5.32 Å². The fourth-order valence-electron chi connectivity index (χ4n) is 3.22. The van der Waals surface area contributed by atoms with Gasteiger partial charge in [0.05, 0.1) is 12.2 Å². The van der Waals surface area contributed by atoms with Gasteiger partial charge in [0.1, 0.15) is 5.82 Å². The lowest BCUT2D eigenvalue weighted by atomic mass is 10.1. The number of rotatable bonds is 8. The third kappa shape index (κ3) is 5.05. The van der Waals surface area contributed by atoms with Gasteiger partial charge in [-0.25, -0.2) is 0 Å². The van der Waals surface area contributed by atoms with Crippen LogP contribution in [0.25, 0.3) is 11.5 Å². The van der Waals surface area contributed by atoms with E-state index in [4.69, 9.17) is 4.42 Å². The Morgan fingerprint density at radius 3 is 2.66 bits per heavy atom. The monoisotopic (exact) mass is 448 g/mol. The van der Waals surface area contributed by atoms with Gasteiger partial charge in [-0.1, -0.05) is 42.1 Å². The second-order valence-electron chi connectivity index (χ2n) is 7.34. The van der Waals surface area contributed by atoms with Crippen molar-refractivity contribution >= 4 is 23.4 Å². The number of carbonyl (C=O) groups excluding carboxylic acids is 1. The van der Waals surface area contributed by atoms with Crippen LogP contribution in [0.1, 0.15) is 29.8 Å². The maximum Gasteiger partial charge on any atom is 0.247 e. The van der Waals surface area contributed by atoms with E-state index in [2.05, 4.69) is 25.7 Å². The molecule has 0 aliphatic heterocycles. The molecule has 2 aromatic carbocycles. The zero-order valence-electron chi connectivity index (χ0n) is 18.2. The average Bonchev–Trinajstić information content (AvgIpc) is 3.42. The van der Waals surface area contributed by atoms with E-state index in [0.717, 1.165) is 22.4 Å². The standard InChI is InChI=1S/C23H24N6O2S/c1-4-29-19(13-20(30)24-18-12-15(2)10-11-16(18)3)25-28-23(29)32-14-21-26-27-22(31-21)17-8-6-5-7-9-17/h5-12H,4,13-14H2,1-3H3,(H,24,30). The molecular weight excluding hydrogens is 424 g/mol. The number of benzene rings is 2. The second kappa shape index (κ2) is 9.78. The molecule has 2 aromatic heterocycles. The Hall–Kier alpha value is -3.46. The van der Waals surface area contributed by atoms with Crippen molar-refractivity contribution in [3.8, 4) is 11.5 Å². The fourth-order valence-corrected chi connectivity index (χ4v) is 4.08. The molecule has 4 aromatic rings. The van der Waals surface area contributed by atoms with E-state index in [1.54, 1.807) is 0 Å². The molecule has 0 aliphatic carbocycles. The molecule has 0 saturated carbocycles. The zero-order valence-corrected chi connectivity index (χ0v) is 19.0. The number of nitrogens with zero attached hydrogens (tertiary/aromatic N) is 5. The Labute approximate surface area is 190 Å². The van der Waals surface area contributed by atoms with Crippen LogP contribution in [0.15, 0.2) is 58.1 Å². The highest BCUT2D eigenvalue weighted by Crippen LogP contribution is 2.24. The molecule has 0 saturated heterocycles. The normalized spacial score (nSPS) is 11.0. The summed E-state index contributed by atoms with van der Waals surface area (Å²) in [6.07, 6.45) is 0.146. The van der Waals surface area contributed by atoms with E-state index in [0.29, 0.717) is 35.1 Å². The van der Waals surface area contributed by atoms with Crippen molar-refractivity contribution < 1.29 is 9.21 Å². The van der Waals surface area contributed by atoms with Crippen LogP contribution in [-0.2, 0) is 23.5 Å². The van der Waals surface area contributed by atoms with Crippen LogP contribution in [0.2, 0.25) is 0 Å². The molecule has 4 rings (SSSR count). The summed E-state index contributed by atoms with van der Waals surface area (Å²) in [5.74, 6) is 1.96. The maximum atomic E-state index is 12.6. The van der Waals surface area contributed by atoms with Crippen molar-refractivity contribution in [1.29, 1.82) is 0 Å². The van der Waals surface area contributed by atoms with E-state index in [1.807, 2.05) is 73.9 Å². The number of hydrogen-bond acceptors (Lipinski definition) is 7. The van der Waals surface area contributed by atoms with Crippen molar-refractivity contribution in [3.05, 3.63) is 71.4 Å². The molecule has 2 heterocycles. The predicted octanol–water partition coefficient (Wildman–Crippen LogP) is 4.44. The summed E-state index contributed by atoms with van der Waals surface area (Å²) in [5.41, 5.74) is 3.81. The first kappa shape index (κ1) is 21.8. The predicted molar refractivity (Wildman–Crippen MR) is 123 cm³/mol. The number of aryl methyl sites for hydroxylation is 2. The lowest BCUT2D eigenvalue weighted by Crippen LogP contribution is -2.18. The SMILES string of the molecule is CCn1c(CC(=O)Nc2cc(C)ccc2C)nnc1SCc1nnc(-c2ccccc2)o1. The Bertz CT molecular complexity index is 1220. The zero-order chi connectivity index (χ0) is 22.5. The van der Waals surface area contributed by atoms with Crippen LogP contribution in [0.4, 0.5) is 5.69 Å². The Balaban J connectivity index is 1.40. The molecule has 32 heavy (non-hydrogen) atoms. The van der Waals surface area contributed by atoms with Gasteiger partial charge in [0, 0.05) is 17.8 Å². The van der Waals surface area contributed by atoms with Gasteiger partial charge in [0.25, 0.3) is 0 Å². The molecule has 0 spiro atoms. The molecule has 8 nitrogen and oxygen atoms in total. The van der Waals surface area contributed by atoms with Gasteiger partial charge < -0.3 is 14.3 Å². The molecule has 0 atom stereocenters. The minimum Gasteiger partial charge on any atom is -0.420 e. The lowest BCUT2D eigenvalue weighted by Gasteiger charge is -2.10. The topological polar surface area (TPSA) is 98.7 Å². The van der Waals surface area contributed by atoms with Gasteiger partial charge in [0.15, 0.2) is 5.16 Å². The minimum atomic E-state index is -0.123. The highest BCUT2D eigenvalue weighted by Gasteiger charge is 2.17. The summed E-state index contributed by atoms with van der Waals surface area (Å²) in [7, 11) is 0. The van der Waals surface area contributed by atoms with E-state index in [1.165, 1.54) is 11.8 Å². The van der Waals surface area contributed by atoms with E-state index < -0.39 is 0 Å². The maximum absolute atomic E-state index is 12.6. The average molecular weight is 449 g/mol. The molecule has 0 radical (unpaired) electrons. The van der Waals surface area contributed by atoms with Crippen molar-refractivity contribution in [2.45, 2.75) is 44.6 Å². The van der Waals surface area contributed by atoms with Gasteiger partial charge in [-0.3, -0.25) is 4.79 Å². The van der Waals surface area contributed by atoms with Crippen LogP contribution in [0.5, 0.6) is 0 Å². The second-order valence-corrected chi connectivity index (χ2v) is 8.28. The highest BCUT2D eigenvalue weighted by atomic mass is 32.2. The molecule has 0 aliphatic rings. The first-order chi connectivity index (χ1) is 15.5. The molecule has 0 bridgehead atoms. The molecule has 1 amide bonds. The number of carbonyl (C=O) groups is 1. The largest absolute Gasteiger partial charge is 0.420 e. The number of aromatic nitrogens is 5. The van der Waals surface area contributed by atoms with Gasteiger partial charge in [-0.15, -0.1) is 20.4 Å². The minimum absolute atomic E-state index is 0.123. The van der Waals surface area contributed by atoms with Crippen LogP contribution in [0, 0.1) is 13.8 Å². The van der Waals surface area contributed by atoms with Crippen molar-refractivity contribution in [3.63, 3.8) is 0 Å². The summed E-state index contributed by atoms with van der Waals surface area (Å²) >= 11 is 1.45. The van der Waals surface area contributed by atoms with Crippen molar-refractivity contribution in [1.82, 2.24) is 25.0 Å². The number of hydrogen-bond donors (Lipinski definition) is 1. The Kier molecular flexibility index (Phi) is 6.65. The molecule has 0 fully saturated rings. The summed E-state index contributed by atoms with van der Waals surface area (Å²) < 4.78 is 7.69. The summed E-state index contributed by atoms with van der Waals surface area (Å²) in [5, 5.41) is 20.4. The van der Waals surface area contributed by atoms with Gasteiger partial charge in [-0.05, 0) is 50.1 Å². The first-order valence-electron chi connectivity index (χ1n) is 10.3. The quantitative estimate of drug-likeness (QED) is 0.398. The van der Waals surface area contributed by atoms with Gasteiger partial charge in [0.2, 0.25) is 17.7 Å². The molecular formula is C23H24N6O2S. The summed E-state index contributed by atoms with van der Waals surface area (Å²) in [6, 6.07) is 15.6. The van der Waals surface area contributed by atoms with E-state index in [9.17, 15) is 4.79 Å². The third-order valence-electron chi connectivity index (χ3n) is 4.91. The number of amides is 1. The summed E-state index contributed by atoms with van der Waals surface area (Å²) in [4.78, 5) is 12.6. The number of anilines is 1. The Morgan fingerprint density at radius 2 is 1.88 bits per heavy atom. The van der Waals surface area contributed by atoms with E-state index in [-0.39, 0.29) is 12.3 Å². The van der Waals surface area contributed by atoms with E-state index >= 15 is 0 Å². The Morgan fingerprint density at radius 1 is 1.06 bits per heavy atom. The summed E-state index contributed by atoms with van der Waals surface area (Å²) in [6.45, 7) is 6.62. The van der Waals surface area contributed by atoms with Gasteiger partial charge >= 0.3 is 0 Å². The highest BCUT2D eigenvalue weighted by molar-refractivity contribution is 7.98. The smallest absolute Gasteiger partial charge is 0.247 e. The lowest BCUT2D eigenvalue weighted by molar-refractivity contribution is -0.115. The van der Waals surface area contributed by atoms with Crippen molar-refractivity contribution in [2.24, 2.45) is 0 Å². The first-order valence-corrected chi connectivity index (χ1v) is 11.3. The van der Waals surface area contributed by atoms with Crippen LogP contribution in [-0.4, -0.2) is 30.9 Å². The van der Waals surface area contributed by atoms with Crippen LogP contribution >= 0.6 is 11.8 Å². The van der Waals surface area contributed by atoms with Crippen LogP contribution in [0.3, 0.4) is 0 Å². The molecule has 0 unspecified atom stereocenters. The van der Waals surface area contributed by atoms with Crippen molar-refractivity contribution in [2.75, 3.05) is 5.32 Å². The number of thioether (sulfide) groups is 1.